The molecule has 1 aromatic rings. The second-order valence-corrected chi connectivity index (χ2v) is 7.27. The van der Waals surface area contributed by atoms with Gasteiger partial charge in [0.25, 0.3) is 0 Å². The fraction of sp³-hybridized carbons (Fsp3) is 0.750. The molecule has 1 atom stereocenters. The number of hydrogen-bond donors (Lipinski definition) is 0. The number of aryl methyl sites for hydroxylation is 1. The maximum atomic E-state index is 12.6. The summed E-state index contributed by atoms with van der Waals surface area (Å²) in [4.78, 5) is 0.237. The summed E-state index contributed by atoms with van der Waals surface area (Å²) in [5, 5.41) is 4.02. The zero-order valence-corrected chi connectivity index (χ0v) is 13.1. The van der Waals surface area contributed by atoms with Gasteiger partial charge in [0, 0.05) is 32.3 Å². The van der Waals surface area contributed by atoms with Crippen LogP contribution in [0.5, 0.6) is 0 Å². The summed E-state index contributed by atoms with van der Waals surface area (Å²) in [5.41, 5.74) is 0. The Hall–Kier alpha value is -0.630. The summed E-state index contributed by atoms with van der Waals surface area (Å²) in [6, 6.07) is 0. The molecule has 8 heteroatoms. The molecule has 0 spiro atoms. The molecule has 2 rings (SSSR count). The Morgan fingerprint density at radius 1 is 1.55 bits per heavy atom. The van der Waals surface area contributed by atoms with Crippen LogP contribution in [-0.4, -0.2) is 55.2 Å². The van der Waals surface area contributed by atoms with Crippen molar-refractivity contribution in [3.8, 4) is 0 Å². The molecule has 1 unspecified atom stereocenters. The molecule has 1 saturated heterocycles. The van der Waals surface area contributed by atoms with Crippen molar-refractivity contribution in [2.45, 2.75) is 24.3 Å². The van der Waals surface area contributed by atoms with Crippen LogP contribution in [0.1, 0.15) is 12.8 Å². The number of sulfonamides is 1. The summed E-state index contributed by atoms with van der Waals surface area (Å²) in [7, 11) is -1.82. The molecule has 20 heavy (non-hydrogen) atoms. The molecule has 1 aromatic heterocycles. The van der Waals surface area contributed by atoms with Gasteiger partial charge in [-0.1, -0.05) is 0 Å². The molecule has 1 aliphatic heterocycles. The zero-order chi connectivity index (χ0) is 14.6. The van der Waals surface area contributed by atoms with Gasteiger partial charge in [-0.05, 0) is 18.8 Å². The second kappa shape index (κ2) is 6.89. The van der Waals surface area contributed by atoms with E-state index in [2.05, 4.69) is 5.10 Å². The number of hydrogen-bond acceptors (Lipinski definition) is 4. The Labute approximate surface area is 124 Å². The third-order valence-corrected chi connectivity index (χ3v) is 5.43. The van der Waals surface area contributed by atoms with E-state index in [-0.39, 0.29) is 10.8 Å². The number of halogens is 1. The van der Waals surface area contributed by atoms with Crippen LogP contribution in [0.3, 0.4) is 0 Å². The molecule has 6 nitrogen and oxygen atoms in total. The van der Waals surface area contributed by atoms with Crippen molar-refractivity contribution in [3.05, 3.63) is 12.4 Å². The molecule has 0 aliphatic carbocycles. The van der Waals surface area contributed by atoms with E-state index in [1.807, 2.05) is 0 Å². The van der Waals surface area contributed by atoms with Crippen molar-refractivity contribution in [3.63, 3.8) is 0 Å². The number of methoxy groups -OCH3 is 1. The monoisotopic (exact) mass is 321 g/mol. The van der Waals surface area contributed by atoms with Gasteiger partial charge in [-0.3, -0.25) is 4.68 Å². The van der Waals surface area contributed by atoms with E-state index in [0.717, 1.165) is 12.8 Å². The third-order valence-electron chi connectivity index (χ3n) is 3.45. The predicted molar refractivity (Wildman–Crippen MR) is 76.3 cm³/mol. The predicted octanol–water partition coefficient (Wildman–Crippen LogP) is 1.17. The lowest BCUT2D eigenvalue weighted by Crippen LogP contribution is -2.41. The van der Waals surface area contributed by atoms with Crippen LogP contribution in [0.4, 0.5) is 0 Å². The first-order chi connectivity index (χ1) is 9.57. The third kappa shape index (κ3) is 3.52. The number of aromatic nitrogens is 2. The van der Waals surface area contributed by atoms with Crippen LogP contribution < -0.4 is 0 Å². The van der Waals surface area contributed by atoms with Crippen molar-refractivity contribution >= 4 is 21.6 Å². The van der Waals surface area contributed by atoms with Gasteiger partial charge >= 0.3 is 0 Å². The quantitative estimate of drug-likeness (QED) is 0.738. The Bertz CT molecular complexity index is 530. The highest BCUT2D eigenvalue weighted by Gasteiger charge is 2.31. The van der Waals surface area contributed by atoms with Gasteiger partial charge in [0.05, 0.1) is 19.3 Å². The van der Waals surface area contributed by atoms with Gasteiger partial charge in [-0.15, -0.1) is 11.6 Å². The lowest BCUT2D eigenvalue weighted by atomic mass is 10.0. The topological polar surface area (TPSA) is 64.4 Å². The molecule has 0 amide bonds. The van der Waals surface area contributed by atoms with Crippen molar-refractivity contribution in [1.82, 2.24) is 14.1 Å². The van der Waals surface area contributed by atoms with E-state index >= 15 is 0 Å². The molecule has 0 saturated carbocycles. The van der Waals surface area contributed by atoms with Crippen molar-refractivity contribution in [2.75, 3.05) is 32.7 Å². The van der Waals surface area contributed by atoms with E-state index < -0.39 is 10.0 Å². The number of piperidine rings is 1. The van der Waals surface area contributed by atoms with Crippen LogP contribution in [0.15, 0.2) is 17.3 Å². The fourth-order valence-corrected chi connectivity index (χ4v) is 4.14. The van der Waals surface area contributed by atoms with Crippen LogP contribution >= 0.6 is 11.6 Å². The van der Waals surface area contributed by atoms with Gasteiger partial charge in [0.15, 0.2) is 0 Å². The van der Waals surface area contributed by atoms with E-state index in [0.29, 0.717) is 32.1 Å². The number of nitrogens with zero attached hydrogens (tertiary/aromatic N) is 3. The van der Waals surface area contributed by atoms with Gasteiger partial charge in [0.1, 0.15) is 4.90 Å². The zero-order valence-electron chi connectivity index (χ0n) is 11.5. The molecule has 1 aliphatic rings. The molecular weight excluding hydrogens is 302 g/mol. The first-order valence-corrected chi connectivity index (χ1v) is 8.63. The van der Waals surface area contributed by atoms with Crippen molar-refractivity contribution in [2.24, 2.45) is 5.92 Å². The van der Waals surface area contributed by atoms with Crippen molar-refractivity contribution < 1.29 is 13.2 Å². The first kappa shape index (κ1) is 15.8. The summed E-state index contributed by atoms with van der Waals surface area (Å²) in [6.45, 7) is 2.17. The summed E-state index contributed by atoms with van der Waals surface area (Å²) in [5.74, 6) is 0.669. The molecule has 2 heterocycles. The number of ether oxygens (including phenoxy) is 1. The fourth-order valence-electron chi connectivity index (χ4n) is 2.45. The Morgan fingerprint density at radius 2 is 2.35 bits per heavy atom. The van der Waals surface area contributed by atoms with Crippen molar-refractivity contribution in [1.29, 1.82) is 0 Å². The normalized spacial score (nSPS) is 21.2. The highest BCUT2D eigenvalue weighted by Crippen LogP contribution is 2.23. The smallest absolute Gasteiger partial charge is 0.246 e. The maximum Gasteiger partial charge on any atom is 0.246 e. The van der Waals surface area contributed by atoms with E-state index in [9.17, 15) is 8.42 Å². The van der Waals surface area contributed by atoms with E-state index in [4.69, 9.17) is 16.3 Å². The Balaban J connectivity index is 2.12. The second-order valence-electron chi connectivity index (χ2n) is 4.95. The van der Waals surface area contributed by atoms with Gasteiger partial charge in [-0.2, -0.15) is 9.40 Å². The Morgan fingerprint density at radius 3 is 3.05 bits per heavy atom. The molecule has 1 fully saturated rings. The summed E-state index contributed by atoms with van der Waals surface area (Å²) >= 11 is 5.63. The minimum atomic E-state index is -3.46. The highest BCUT2D eigenvalue weighted by atomic mass is 35.5. The minimum absolute atomic E-state index is 0.237. The molecule has 0 N–H and O–H groups in total. The average Bonchev–Trinajstić information content (AvgIpc) is 2.89. The lowest BCUT2D eigenvalue weighted by molar-refractivity contribution is 0.118. The van der Waals surface area contributed by atoms with E-state index in [1.165, 1.54) is 16.7 Å². The molecular formula is C12H20ClN3O3S. The summed E-state index contributed by atoms with van der Waals surface area (Å²) < 4.78 is 33.3. The first-order valence-electron chi connectivity index (χ1n) is 6.65. The SMILES string of the molecule is COCC1CCCN(S(=O)(=O)c2cnn(CCCl)c2)C1. The maximum absolute atomic E-state index is 12.6. The van der Waals surface area contributed by atoms with Crippen LogP contribution in [-0.2, 0) is 21.3 Å². The van der Waals surface area contributed by atoms with Gasteiger partial charge in [0.2, 0.25) is 10.0 Å². The van der Waals surface area contributed by atoms with Crippen LogP contribution in [0.2, 0.25) is 0 Å². The molecule has 114 valence electrons. The van der Waals surface area contributed by atoms with Gasteiger partial charge in [-0.25, -0.2) is 8.42 Å². The van der Waals surface area contributed by atoms with Crippen LogP contribution in [0, 0.1) is 5.92 Å². The molecule has 0 aromatic carbocycles. The minimum Gasteiger partial charge on any atom is -0.384 e. The number of rotatable bonds is 6. The average molecular weight is 322 g/mol. The van der Waals surface area contributed by atoms with E-state index in [1.54, 1.807) is 11.8 Å². The summed E-state index contributed by atoms with van der Waals surface area (Å²) in [6.07, 6.45) is 4.80. The lowest BCUT2D eigenvalue weighted by Gasteiger charge is -2.31. The highest BCUT2D eigenvalue weighted by molar-refractivity contribution is 7.89. The van der Waals surface area contributed by atoms with Crippen LogP contribution in [0.25, 0.3) is 0 Å². The standard InChI is InChI=1S/C12H20ClN3O3S/c1-19-10-11-3-2-5-16(8-11)20(17,18)12-7-14-15(9-12)6-4-13/h7,9,11H,2-6,8,10H2,1H3. The van der Waals surface area contributed by atoms with Gasteiger partial charge < -0.3 is 4.74 Å². The largest absolute Gasteiger partial charge is 0.384 e. The molecule has 0 bridgehead atoms. The molecule has 0 radical (unpaired) electrons. The number of alkyl halides is 1. The Kier molecular flexibility index (Phi) is 5.42.